The summed E-state index contributed by atoms with van der Waals surface area (Å²) in [4.78, 5) is 8.54. The molecule has 0 bridgehead atoms. The van der Waals surface area contributed by atoms with E-state index in [2.05, 4.69) is 32.4 Å². The third-order valence-electron chi connectivity index (χ3n) is 1.22. The van der Waals surface area contributed by atoms with E-state index in [4.69, 9.17) is 0 Å². The molecular formula is C7H11N3O3S. The smallest absolute Gasteiger partial charge is 0.142 e. The van der Waals surface area contributed by atoms with Gasteiger partial charge < -0.3 is 20.4 Å². The highest BCUT2D eigenvalue weighted by molar-refractivity contribution is 7.78. The van der Waals surface area contributed by atoms with Gasteiger partial charge in [-0.2, -0.15) is 0 Å². The van der Waals surface area contributed by atoms with Crippen LogP contribution in [0.4, 0.5) is 0 Å². The minimum atomic E-state index is 0. The number of isothiocyanates is 1. The van der Waals surface area contributed by atoms with Crippen LogP contribution in [0.5, 0.6) is 0 Å². The summed E-state index contributed by atoms with van der Waals surface area (Å²) in [5.74, 6) is 0. The molecule has 1 rings (SSSR count). The fourth-order valence-corrected chi connectivity index (χ4v) is 0.696. The van der Waals surface area contributed by atoms with Gasteiger partial charge >= 0.3 is 0 Å². The van der Waals surface area contributed by atoms with Crippen LogP contribution in [-0.2, 0) is 4.84 Å². The molecule has 0 saturated carbocycles. The predicted molar refractivity (Wildman–Crippen MR) is 55.5 cm³/mol. The molecule has 0 aliphatic heterocycles. The maximum absolute atomic E-state index is 4.67. The van der Waals surface area contributed by atoms with Crippen LogP contribution in [0.2, 0.25) is 0 Å². The lowest BCUT2D eigenvalue weighted by molar-refractivity contribution is 0.272. The zero-order valence-corrected chi connectivity index (χ0v) is 8.28. The minimum absolute atomic E-state index is 0. The number of rotatable bonds is 3. The van der Waals surface area contributed by atoms with Crippen LogP contribution in [-0.4, -0.2) is 25.7 Å². The van der Waals surface area contributed by atoms with Crippen molar-refractivity contribution >= 4 is 23.1 Å². The number of nitrogens with zero attached hydrogens (tertiary/aromatic N) is 3. The van der Waals surface area contributed by atoms with Gasteiger partial charge in [-0.25, -0.2) is 4.98 Å². The zero-order valence-electron chi connectivity index (χ0n) is 7.47. The van der Waals surface area contributed by atoms with Crippen molar-refractivity contribution < 1.29 is 15.8 Å². The summed E-state index contributed by atoms with van der Waals surface area (Å²) in [7, 11) is 0. The Hall–Kier alpha value is -1.53. The van der Waals surface area contributed by atoms with Crippen LogP contribution in [0, 0.1) is 0 Å². The molecule has 6 nitrogen and oxygen atoms in total. The molecule has 0 amide bonds. The molecule has 0 spiro atoms. The monoisotopic (exact) mass is 217 g/mol. The van der Waals surface area contributed by atoms with Crippen LogP contribution in [0.15, 0.2) is 30.1 Å². The van der Waals surface area contributed by atoms with Gasteiger partial charge in [-0.1, -0.05) is 0 Å². The molecule has 0 aromatic carbocycles. The van der Waals surface area contributed by atoms with Gasteiger partial charge in [0.2, 0.25) is 0 Å². The van der Waals surface area contributed by atoms with Crippen molar-refractivity contribution in [2.45, 2.75) is 6.92 Å². The fourth-order valence-electron chi connectivity index (χ4n) is 0.653. The highest BCUT2D eigenvalue weighted by Crippen LogP contribution is 2.01. The molecule has 0 saturated heterocycles. The SMILES string of the molecule is C/C(=C/ON=C=S)n1ccnc1.O.O. The van der Waals surface area contributed by atoms with E-state index in [0.29, 0.717) is 0 Å². The first-order valence-electron chi connectivity index (χ1n) is 3.22. The number of hydrogen-bond acceptors (Lipinski definition) is 4. The van der Waals surface area contributed by atoms with Gasteiger partial charge in [-0.15, -0.1) is 0 Å². The Morgan fingerprint density at radius 3 is 2.86 bits per heavy atom. The summed E-state index contributed by atoms with van der Waals surface area (Å²) in [6.07, 6.45) is 6.60. The summed E-state index contributed by atoms with van der Waals surface area (Å²) >= 11 is 4.31. The molecule has 14 heavy (non-hydrogen) atoms. The van der Waals surface area contributed by atoms with Crippen LogP contribution < -0.4 is 0 Å². The van der Waals surface area contributed by atoms with Crippen LogP contribution >= 0.6 is 12.2 Å². The molecule has 0 fully saturated rings. The Morgan fingerprint density at radius 2 is 2.36 bits per heavy atom. The number of allylic oxidation sites excluding steroid dienone is 1. The summed E-state index contributed by atoms with van der Waals surface area (Å²) in [6, 6.07) is 0. The molecular weight excluding hydrogens is 206 g/mol. The average Bonchev–Trinajstić information content (AvgIpc) is 2.56. The number of hydrogen-bond donors (Lipinski definition) is 0. The zero-order chi connectivity index (χ0) is 8.81. The topological polar surface area (TPSA) is 102 Å². The Bertz CT molecular complexity index is 317. The van der Waals surface area contributed by atoms with Crippen molar-refractivity contribution in [2.24, 2.45) is 5.16 Å². The van der Waals surface area contributed by atoms with Crippen LogP contribution in [0.25, 0.3) is 5.70 Å². The lowest BCUT2D eigenvalue weighted by Gasteiger charge is -1.97. The number of thiocarbonyl (C=S) groups is 1. The van der Waals surface area contributed by atoms with Crippen molar-refractivity contribution in [1.29, 1.82) is 0 Å². The standard InChI is InChI=1S/C7H7N3OS.2H2O/c1-7(4-11-9-6-12)10-3-2-8-5-10;;/h2-5H,1H3;2*1H2/b7-4-;;. The predicted octanol–water partition coefficient (Wildman–Crippen LogP) is 0.0864. The summed E-state index contributed by atoms with van der Waals surface area (Å²) in [5.41, 5.74) is 0.863. The normalized spacial score (nSPS) is 9.07. The Morgan fingerprint density at radius 1 is 1.64 bits per heavy atom. The molecule has 0 aliphatic carbocycles. The first kappa shape index (κ1) is 15.0. The van der Waals surface area contributed by atoms with Gasteiger partial charge in [-0.05, 0) is 24.3 Å². The van der Waals surface area contributed by atoms with Crippen molar-refractivity contribution in [3.63, 3.8) is 0 Å². The van der Waals surface area contributed by atoms with Gasteiger partial charge in [0.05, 0.1) is 12.0 Å². The molecule has 1 aromatic rings. The van der Waals surface area contributed by atoms with Crippen LogP contribution in [0.1, 0.15) is 6.92 Å². The van der Waals surface area contributed by atoms with E-state index in [-0.39, 0.29) is 11.0 Å². The second kappa shape index (κ2) is 8.09. The first-order valence-corrected chi connectivity index (χ1v) is 3.63. The molecule has 4 N–H and O–H groups in total. The van der Waals surface area contributed by atoms with Gasteiger partial charge in [-0.3, -0.25) is 0 Å². The van der Waals surface area contributed by atoms with E-state index in [9.17, 15) is 0 Å². The largest absolute Gasteiger partial charge is 0.412 e. The average molecular weight is 217 g/mol. The van der Waals surface area contributed by atoms with E-state index in [1.807, 2.05) is 6.92 Å². The molecule has 0 unspecified atom stereocenters. The van der Waals surface area contributed by atoms with Crippen molar-refractivity contribution in [2.75, 3.05) is 0 Å². The van der Waals surface area contributed by atoms with Gasteiger partial charge in [0.15, 0.2) is 0 Å². The molecule has 7 heteroatoms. The van der Waals surface area contributed by atoms with Gasteiger partial charge in [0.1, 0.15) is 11.4 Å². The van der Waals surface area contributed by atoms with E-state index >= 15 is 0 Å². The maximum Gasteiger partial charge on any atom is 0.142 e. The maximum atomic E-state index is 4.67. The second-order valence-electron chi connectivity index (χ2n) is 2.02. The summed E-state index contributed by atoms with van der Waals surface area (Å²) < 4.78 is 1.79. The highest BCUT2D eigenvalue weighted by Gasteiger charge is 1.90. The summed E-state index contributed by atoms with van der Waals surface area (Å²) in [5, 5.41) is 5.36. The highest BCUT2D eigenvalue weighted by atomic mass is 32.1. The number of imidazole rings is 1. The summed E-state index contributed by atoms with van der Waals surface area (Å²) in [6.45, 7) is 1.86. The van der Waals surface area contributed by atoms with Crippen molar-refractivity contribution in [1.82, 2.24) is 9.55 Å². The van der Waals surface area contributed by atoms with Gasteiger partial charge in [0, 0.05) is 12.4 Å². The third kappa shape index (κ3) is 4.48. The third-order valence-corrected chi connectivity index (χ3v) is 1.30. The Kier molecular flexibility index (Phi) is 8.64. The lowest BCUT2D eigenvalue weighted by Crippen LogP contribution is -1.88. The van der Waals surface area contributed by atoms with E-state index < -0.39 is 0 Å². The molecule has 0 atom stereocenters. The molecule has 78 valence electrons. The van der Waals surface area contributed by atoms with E-state index in [1.54, 1.807) is 23.3 Å². The van der Waals surface area contributed by atoms with Crippen LogP contribution in [0.3, 0.4) is 0 Å². The van der Waals surface area contributed by atoms with Crippen molar-refractivity contribution in [3.05, 3.63) is 25.0 Å². The molecule has 0 radical (unpaired) electrons. The second-order valence-corrected chi connectivity index (χ2v) is 2.20. The molecule has 1 heterocycles. The number of aromatic nitrogens is 2. The Balaban J connectivity index is 0. The van der Waals surface area contributed by atoms with Crippen molar-refractivity contribution in [3.8, 4) is 0 Å². The van der Waals surface area contributed by atoms with E-state index in [1.165, 1.54) is 6.26 Å². The molecule has 0 aliphatic rings. The molecule has 1 aromatic heterocycles. The first-order chi connectivity index (χ1) is 5.84. The Labute approximate surface area is 86.1 Å². The fraction of sp³-hybridized carbons (Fsp3) is 0.143. The quantitative estimate of drug-likeness (QED) is 0.310. The van der Waals surface area contributed by atoms with Gasteiger partial charge in [0.25, 0.3) is 0 Å². The van der Waals surface area contributed by atoms with E-state index in [0.717, 1.165) is 5.70 Å². The minimum Gasteiger partial charge on any atom is -0.412 e. The lowest BCUT2D eigenvalue weighted by atomic mass is 10.5.